The summed E-state index contributed by atoms with van der Waals surface area (Å²) in [7, 11) is 1.66. The molecule has 0 aromatic heterocycles. The molecule has 0 unspecified atom stereocenters. The normalized spacial score (nSPS) is 12.0. The van der Waals surface area contributed by atoms with Crippen molar-refractivity contribution in [1.29, 1.82) is 0 Å². The van der Waals surface area contributed by atoms with E-state index in [2.05, 4.69) is 41.9 Å². The van der Waals surface area contributed by atoms with Crippen molar-refractivity contribution < 1.29 is 9.84 Å². The number of methoxy groups -OCH3 is 1. The van der Waals surface area contributed by atoms with Crippen LogP contribution in [0, 0.1) is 0 Å². The van der Waals surface area contributed by atoms with Crippen LogP contribution in [-0.2, 0) is 5.41 Å². The largest absolute Gasteiger partial charge is 0.495 e. The summed E-state index contributed by atoms with van der Waals surface area (Å²) in [6.07, 6.45) is 0. The van der Waals surface area contributed by atoms with Gasteiger partial charge in [0, 0.05) is 11.0 Å². The SMILES string of the molecule is COc1c(Br)cc(C(C)C)cc1C(C)(C)CO. The average molecular weight is 301 g/mol. The topological polar surface area (TPSA) is 29.5 Å². The Labute approximate surface area is 112 Å². The van der Waals surface area contributed by atoms with E-state index in [0.29, 0.717) is 5.92 Å². The molecule has 0 aliphatic carbocycles. The Hall–Kier alpha value is -0.540. The third kappa shape index (κ3) is 3.02. The van der Waals surface area contributed by atoms with Crippen LogP contribution in [-0.4, -0.2) is 18.8 Å². The van der Waals surface area contributed by atoms with E-state index in [1.165, 1.54) is 5.56 Å². The molecule has 96 valence electrons. The highest BCUT2D eigenvalue weighted by atomic mass is 79.9. The summed E-state index contributed by atoms with van der Waals surface area (Å²) in [6.45, 7) is 8.44. The lowest BCUT2D eigenvalue weighted by atomic mass is 9.83. The molecule has 0 radical (unpaired) electrons. The molecule has 1 rings (SSSR count). The van der Waals surface area contributed by atoms with Crippen LogP contribution in [0.1, 0.15) is 44.7 Å². The predicted molar refractivity (Wildman–Crippen MR) is 74.9 cm³/mol. The van der Waals surface area contributed by atoms with Crippen molar-refractivity contribution in [1.82, 2.24) is 0 Å². The van der Waals surface area contributed by atoms with Crippen LogP contribution in [0.25, 0.3) is 0 Å². The Morgan fingerprint density at radius 1 is 1.35 bits per heavy atom. The van der Waals surface area contributed by atoms with Crippen LogP contribution in [0.3, 0.4) is 0 Å². The lowest BCUT2D eigenvalue weighted by Gasteiger charge is -2.26. The standard InChI is InChI=1S/C14H21BrO2/c1-9(2)10-6-11(14(3,4)8-16)13(17-5)12(15)7-10/h6-7,9,16H,8H2,1-5H3. The lowest BCUT2D eigenvalue weighted by molar-refractivity contribution is 0.214. The molecular weight excluding hydrogens is 280 g/mol. The van der Waals surface area contributed by atoms with Gasteiger partial charge in [-0.1, -0.05) is 33.8 Å². The lowest BCUT2D eigenvalue weighted by Crippen LogP contribution is -2.23. The van der Waals surface area contributed by atoms with Gasteiger partial charge in [-0.3, -0.25) is 0 Å². The van der Waals surface area contributed by atoms with E-state index < -0.39 is 0 Å². The smallest absolute Gasteiger partial charge is 0.136 e. The molecule has 0 bridgehead atoms. The first-order chi connectivity index (χ1) is 7.83. The molecule has 0 aliphatic heterocycles. The number of benzene rings is 1. The Morgan fingerprint density at radius 3 is 2.35 bits per heavy atom. The van der Waals surface area contributed by atoms with Gasteiger partial charge in [-0.2, -0.15) is 0 Å². The molecule has 0 aliphatic rings. The molecular formula is C14H21BrO2. The molecule has 2 nitrogen and oxygen atoms in total. The molecule has 0 atom stereocenters. The maximum absolute atomic E-state index is 9.52. The minimum Gasteiger partial charge on any atom is -0.495 e. The number of ether oxygens (including phenoxy) is 1. The third-order valence-corrected chi connectivity index (χ3v) is 3.65. The van der Waals surface area contributed by atoms with Crippen LogP contribution in [0.5, 0.6) is 5.75 Å². The Kier molecular flexibility index (Phi) is 4.62. The van der Waals surface area contributed by atoms with Crippen LogP contribution in [0.15, 0.2) is 16.6 Å². The maximum Gasteiger partial charge on any atom is 0.136 e. The second-order valence-corrected chi connectivity index (χ2v) is 6.13. The second kappa shape index (κ2) is 5.40. The second-order valence-electron chi connectivity index (χ2n) is 5.28. The van der Waals surface area contributed by atoms with Crippen LogP contribution in [0.4, 0.5) is 0 Å². The summed E-state index contributed by atoms with van der Waals surface area (Å²) in [5.74, 6) is 1.26. The summed E-state index contributed by atoms with van der Waals surface area (Å²) in [5, 5.41) is 9.52. The highest BCUT2D eigenvalue weighted by Crippen LogP contribution is 2.39. The Balaban J connectivity index is 3.44. The molecule has 1 aromatic rings. The quantitative estimate of drug-likeness (QED) is 0.915. The molecule has 1 N–H and O–H groups in total. The first kappa shape index (κ1) is 14.5. The average Bonchev–Trinajstić information content (AvgIpc) is 2.27. The highest BCUT2D eigenvalue weighted by Gasteiger charge is 2.26. The van der Waals surface area contributed by atoms with Crippen LogP contribution >= 0.6 is 15.9 Å². The van der Waals surface area contributed by atoms with Crippen molar-refractivity contribution in [2.45, 2.75) is 39.0 Å². The van der Waals surface area contributed by atoms with E-state index in [1.54, 1.807) is 7.11 Å². The summed E-state index contributed by atoms with van der Waals surface area (Å²) in [5.41, 5.74) is 1.98. The van der Waals surface area contributed by atoms with E-state index >= 15 is 0 Å². The predicted octanol–water partition coefficient (Wildman–Crippen LogP) is 3.85. The van der Waals surface area contributed by atoms with Crippen molar-refractivity contribution in [2.75, 3.05) is 13.7 Å². The molecule has 3 heteroatoms. The first-order valence-electron chi connectivity index (χ1n) is 5.82. The first-order valence-corrected chi connectivity index (χ1v) is 6.61. The van der Waals surface area contributed by atoms with Crippen molar-refractivity contribution >= 4 is 15.9 Å². The van der Waals surface area contributed by atoms with E-state index in [1.807, 2.05) is 13.8 Å². The molecule has 0 amide bonds. The van der Waals surface area contributed by atoms with Gasteiger partial charge in [0.1, 0.15) is 5.75 Å². The molecule has 0 heterocycles. The zero-order chi connectivity index (χ0) is 13.2. The van der Waals surface area contributed by atoms with E-state index in [9.17, 15) is 5.11 Å². The third-order valence-electron chi connectivity index (χ3n) is 3.06. The highest BCUT2D eigenvalue weighted by molar-refractivity contribution is 9.10. The minimum absolute atomic E-state index is 0.0946. The Morgan fingerprint density at radius 2 is 1.94 bits per heavy atom. The van der Waals surface area contributed by atoms with Crippen LogP contribution < -0.4 is 4.74 Å². The summed E-state index contributed by atoms with van der Waals surface area (Å²) >= 11 is 3.54. The number of rotatable bonds is 4. The van der Waals surface area contributed by atoms with Gasteiger partial charge in [0.25, 0.3) is 0 Å². The van der Waals surface area contributed by atoms with Gasteiger partial charge >= 0.3 is 0 Å². The van der Waals surface area contributed by atoms with Gasteiger partial charge in [-0.05, 0) is 33.5 Å². The van der Waals surface area contributed by atoms with Crippen molar-refractivity contribution in [3.05, 3.63) is 27.7 Å². The fraction of sp³-hybridized carbons (Fsp3) is 0.571. The van der Waals surface area contributed by atoms with Crippen LogP contribution in [0.2, 0.25) is 0 Å². The summed E-state index contributed by atoms with van der Waals surface area (Å²) < 4.78 is 6.39. The zero-order valence-electron chi connectivity index (χ0n) is 11.2. The van der Waals surface area contributed by atoms with Gasteiger partial charge in [0.15, 0.2) is 0 Å². The number of aliphatic hydroxyl groups excluding tert-OH is 1. The zero-order valence-corrected chi connectivity index (χ0v) is 12.8. The summed E-state index contributed by atoms with van der Waals surface area (Å²) in [4.78, 5) is 0. The monoisotopic (exact) mass is 300 g/mol. The van der Waals surface area contributed by atoms with Crippen molar-refractivity contribution in [2.24, 2.45) is 0 Å². The number of halogens is 1. The van der Waals surface area contributed by atoms with Crippen molar-refractivity contribution in [3.63, 3.8) is 0 Å². The fourth-order valence-corrected chi connectivity index (χ4v) is 2.38. The van der Waals surface area contributed by atoms with Crippen molar-refractivity contribution in [3.8, 4) is 5.75 Å². The van der Waals surface area contributed by atoms with E-state index in [4.69, 9.17) is 4.74 Å². The fourth-order valence-electron chi connectivity index (χ4n) is 1.74. The van der Waals surface area contributed by atoms with E-state index in [-0.39, 0.29) is 12.0 Å². The Bertz CT molecular complexity index is 397. The van der Waals surface area contributed by atoms with E-state index in [0.717, 1.165) is 15.8 Å². The minimum atomic E-state index is -0.307. The van der Waals surface area contributed by atoms with Gasteiger partial charge in [-0.15, -0.1) is 0 Å². The number of hydrogen-bond acceptors (Lipinski definition) is 2. The van der Waals surface area contributed by atoms with Gasteiger partial charge in [0.2, 0.25) is 0 Å². The molecule has 0 saturated carbocycles. The maximum atomic E-state index is 9.52. The summed E-state index contributed by atoms with van der Waals surface area (Å²) in [6, 6.07) is 4.21. The number of aliphatic hydroxyl groups is 1. The van der Waals surface area contributed by atoms with Gasteiger partial charge < -0.3 is 9.84 Å². The number of hydrogen-bond donors (Lipinski definition) is 1. The molecule has 0 fully saturated rings. The van der Waals surface area contributed by atoms with Gasteiger partial charge in [0.05, 0.1) is 18.2 Å². The molecule has 0 spiro atoms. The van der Waals surface area contributed by atoms with Gasteiger partial charge in [-0.25, -0.2) is 0 Å². The molecule has 0 saturated heterocycles. The molecule has 17 heavy (non-hydrogen) atoms. The molecule has 1 aromatic carbocycles.